The molecule has 194 valence electrons. The molecule has 1 aliphatic carbocycles. The van der Waals surface area contributed by atoms with Gasteiger partial charge in [0.1, 0.15) is 5.58 Å². The van der Waals surface area contributed by atoms with Gasteiger partial charge < -0.3 is 9.25 Å². The smallest absolute Gasteiger partial charge is 0.331 e. The summed E-state index contributed by atoms with van der Waals surface area (Å²) in [5.41, 5.74) is 7.60. The monoisotopic (exact) mass is 515 g/mol. The van der Waals surface area contributed by atoms with Crippen LogP contribution >= 0.6 is 0 Å². The van der Waals surface area contributed by atoms with Crippen molar-refractivity contribution in [2.24, 2.45) is 11.1 Å². The fourth-order valence-corrected chi connectivity index (χ4v) is 5.37. The number of hydrogen-bond acceptors (Lipinski definition) is 5. The number of furan rings is 1. The van der Waals surface area contributed by atoms with Crippen LogP contribution in [-0.2, 0) is 16.1 Å². The highest BCUT2D eigenvalue weighted by molar-refractivity contribution is 6.13. The van der Waals surface area contributed by atoms with Crippen LogP contribution in [0.4, 0.5) is 0 Å². The predicted molar refractivity (Wildman–Crippen MR) is 154 cm³/mol. The van der Waals surface area contributed by atoms with Crippen molar-refractivity contribution in [2.75, 3.05) is 0 Å². The molecule has 6 rings (SSSR count). The largest absolute Gasteiger partial charge is 0.453 e. The Kier molecular flexibility index (Phi) is 6.35. The van der Waals surface area contributed by atoms with E-state index in [1.54, 1.807) is 0 Å². The first-order valence-electron chi connectivity index (χ1n) is 13.3. The van der Waals surface area contributed by atoms with E-state index in [0.717, 1.165) is 63.4 Å². The van der Waals surface area contributed by atoms with Gasteiger partial charge in [-0.25, -0.2) is 4.79 Å². The Bertz CT molecular complexity index is 1790. The molecule has 4 aromatic carbocycles. The molecule has 0 N–H and O–H groups in total. The summed E-state index contributed by atoms with van der Waals surface area (Å²) < 4.78 is 6.00. The molecule has 1 heterocycles. The minimum atomic E-state index is -0.430. The Morgan fingerprint density at radius 3 is 2.33 bits per heavy atom. The number of ketones is 1. The highest BCUT2D eigenvalue weighted by Gasteiger charge is 2.23. The van der Waals surface area contributed by atoms with Gasteiger partial charge in [-0.3, -0.25) is 4.79 Å². The van der Waals surface area contributed by atoms with Crippen LogP contribution in [0.3, 0.4) is 0 Å². The highest BCUT2D eigenvalue weighted by Crippen LogP contribution is 2.38. The fraction of sp³-hybridized carbons (Fsp3) is 0.206. The number of oxime groups is 1. The maximum Gasteiger partial charge on any atom is 0.331 e. The zero-order valence-electron chi connectivity index (χ0n) is 22.3. The normalized spacial score (nSPS) is 12.7. The Labute approximate surface area is 227 Å². The van der Waals surface area contributed by atoms with Crippen molar-refractivity contribution >= 4 is 39.2 Å². The number of carbonyl (C=O) groups is 2. The van der Waals surface area contributed by atoms with Crippen LogP contribution in [0.2, 0.25) is 0 Å². The molecule has 0 saturated heterocycles. The quantitative estimate of drug-likeness (QED) is 0.0932. The number of fused-ring (bicyclic) bond motifs is 6. The Morgan fingerprint density at radius 1 is 0.872 bits per heavy atom. The maximum atomic E-state index is 13.5. The molecule has 0 bridgehead atoms. The lowest BCUT2D eigenvalue weighted by Gasteiger charge is -2.10. The summed E-state index contributed by atoms with van der Waals surface area (Å²) in [5, 5.41) is 7.29. The van der Waals surface area contributed by atoms with Crippen molar-refractivity contribution in [3.8, 4) is 11.1 Å². The van der Waals surface area contributed by atoms with E-state index in [9.17, 15) is 9.59 Å². The second-order valence-corrected chi connectivity index (χ2v) is 10.6. The Morgan fingerprint density at radius 2 is 1.59 bits per heavy atom. The molecule has 0 atom stereocenters. The van der Waals surface area contributed by atoms with Gasteiger partial charge in [-0.05, 0) is 88.0 Å². The lowest BCUT2D eigenvalue weighted by Crippen LogP contribution is -2.06. The fourth-order valence-electron chi connectivity index (χ4n) is 5.37. The third kappa shape index (κ3) is 4.76. The highest BCUT2D eigenvalue weighted by atomic mass is 16.7. The molecule has 0 fully saturated rings. The van der Waals surface area contributed by atoms with Crippen LogP contribution in [-0.4, -0.2) is 17.5 Å². The number of nitrogens with zero attached hydrogens (tertiary/aromatic N) is 1. The van der Waals surface area contributed by atoms with Crippen molar-refractivity contribution in [1.82, 2.24) is 0 Å². The van der Waals surface area contributed by atoms with Gasteiger partial charge in [0.25, 0.3) is 0 Å². The summed E-state index contributed by atoms with van der Waals surface area (Å²) in [4.78, 5) is 29.9. The molecule has 5 nitrogen and oxygen atoms in total. The molecule has 0 unspecified atom stereocenters. The molecule has 39 heavy (non-hydrogen) atoms. The van der Waals surface area contributed by atoms with Gasteiger partial charge in [0.05, 0.1) is 5.71 Å². The first-order chi connectivity index (χ1) is 18.9. The standard InChI is InChI=1S/C34H29NO4/c1-20(2)8-14-31(35-39-21(3)36)23-9-12-28-25(16-23)18-26-17-24(10-13-29(26)28)34(37)33-19-30-27-7-5-4-6-22(27)11-15-32(30)38-33/h4-7,9-13,15-17,19-20H,8,14,18H2,1-3H3/b35-31+. The van der Waals surface area contributed by atoms with Crippen LogP contribution in [0.25, 0.3) is 32.9 Å². The van der Waals surface area contributed by atoms with Crippen molar-refractivity contribution in [3.05, 3.63) is 107 Å². The maximum absolute atomic E-state index is 13.5. The SMILES string of the molecule is CC(=O)O/N=C(\CCC(C)C)c1ccc2c(c1)Cc1cc(C(=O)c3cc4c(ccc5ccccc54)o3)ccc1-2. The van der Waals surface area contributed by atoms with Gasteiger partial charge in [-0.2, -0.15) is 0 Å². The molecule has 0 aliphatic heterocycles. The van der Waals surface area contributed by atoms with Crippen LogP contribution in [0.1, 0.15) is 66.4 Å². The van der Waals surface area contributed by atoms with Crippen LogP contribution < -0.4 is 0 Å². The van der Waals surface area contributed by atoms with Crippen LogP contribution in [0.15, 0.2) is 88.4 Å². The van der Waals surface area contributed by atoms with Crippen molar-refractivity contribution < 1.29 is 18.8 Å². The lowest BCUT2D eigenvalue weighted by molar-refractivity contribution is -0.140. The minimum Gasteiger partial charge on any atom is -0.453 e. The van der Waals surface area contributed by atoms with E-state index in [1.807, 2.05) is 60.7 Å². The van der Waals surface area contributed by atoms with Crippen LogP contribution in [0, 0.1) is 5.92 Å². The Hall–Kier alpha value is -4.51. The average Bonchev–Trinajstić information content (AvgIpc) is 3.53. The summed E-state index contributed by atoms with van der Waals surface area (Å²) in [5.74, 6) is 0.294. The number of carbonyl (C=O) groups excluding carboxylic acids is 2. The van der Waals surface area contributed by atoms with E-state index in [-0.39, 0.29) is 5.78 Å². The topological polar surface area (TPSA) is 68.9 Å². The first-order valence-corrected chi connectivity index (χ1v) is 13.3. The number of hydrogen-bond donors (Lipinski definition) is 0. The summed E-state index contributed by atoms with van der Waals surface area (Å²) in [6.45, 7) is 5.68. The third-order valence-electron chi connectivity index (χ3n) is 7.37. The molecule has 0 radical (unpaired) electrons. The molecular formula is C34H29NO4. The summed E-state index contributed by atoms with van der Waals surface area (Å²) in [6, 6.07) is 26.1. The molecule has 5 aromatic rings. The van der Waals surface area contributed by atoms with E-state index in [0.29, 0.717) is 22.8 Å². The number of benzene rings is 4. The van der Waals surface area contributed by atoms with Gasteiger partial charge in [0.2, 0.25) is 5.78 Å². The third-order valence-corrected chi connectivity index (χ3v) is 7.37. The average molecular weight is 516 g/mol. The van der Waals surface area contributed by atoms with E-state index in [4.69, 9.17) is 9.25 Å². The summed E-state index contributed by atoms with van der Waals surface area (Å²) in [7, 11) is 0. The first kappa shape index (κ1) is 24.8. The predicted octanol–water partition coefficient (Wildman–Crippen LogP) is 8.09. The molecule has 1 aliphatic rings. The molecule has 0 spiro atoms. The molecule has 0 amide bonds. The van der Waals surface area contributed by atoms with Crippen molar-refractivity contribution in [1.29, 1.82) is 0 Å². The molecular weight excluding hydrogens is 486 g/mol. The second-order valence-electron chi connectivity index (χ2n) is 10.6. The van der Waals surface area contributed by atoms with Crippen LogP contribution in [0.5, 0.6) is 0 Å². The number of rotatable bonds is 7. The zero-order valence-corrected chi connectivity index (χ0v) is 22.3. The molecule has 5 heteroatoms. The van der Waals surface area contributed by atoms with E-state index in [2.05, 4.69) is 37.2 Å². The van der Waals surface area contributed by atoms with Crippen molar-refractivity contribution in [2.45, 2.75) is 40.0 Å². The van der Waals surface area contributed by atoms with Crippen molar-refractivity contribution in [3.63, 3.8) is 0 Å². The molecule has 1 aromatic heterocycles. The summed E-state index contributed by atoms with van der Waals surface area (Å²) in [6.07, 6.45) is 2.39. The van der Waals surface area contributed by atoms with E-state index < -0.39 is 5.97 Å². The lowest BCUT2D eigenvalue weighted by atomic mass is 9.97. The van der Waals surface area contributed by atoms with Gasteiger partial charge in [-0.15, -0.1) is 0 Å². The van der Waals surface area contributed by atoms with Gasteiger partial charge >= 0.3 is 5.97 Å². The zero-order chi connectivity index (χ0) is 27.1. The Balaban J connectivity index is 1.29. The van der Waals surface area contributed by atoms with Gasteiger partial charge in [0, 0.05) is 17.9 Å². The van der Waals surface area contributed by atoms with E-state index in [1.165, 1.54) is 12.5 Å². The van der Waals surface area contributed by atoms with Gasteiger partial charge in [-0.1, -0.05) is 73.6 Å². The second kappa shape index (κ2) is 9.99. The van der Waals surface area contributed by atoms with Gasteiger partial charge in [0.15, 0.2) is 5.76 Å². The van der Waals surface area contributed by atoms with E-state index >= 15 is 0 Å². The summed E-state index contributed by atoms with van der Waals surface area (Å²) >= 11 is 0. The minimum absolute atomic E-state index is 0.126. The molecule has 0 saturated carbocycles.